The Morgan fingerprint density at radius 3 is 2.80 bits per heavy atom. The molecule has 20 heavy (non-hydrogen) atoms. The molecule has 1 aliphatic carbocycles. The molecule has 0 amide bonds. The molecule has 0 radical (unpaired) electrons. The van der Waals surface area contributed by atoms with E-state index < -0.39 is 0 Å². The van der Waals surface area contributed by atoms with Crippen LogP contribution < -0.4 is 5.32 Å². The van der Waals surface area contributed by atoms with Crippen LogP contribution in [0.25, 0.3) is 0 Å². The van der Waals surface area contributed by atoms with Crippen LogP contribution in [0.1, 0.15) is 53.4 Å². The highest BCUT2D eigenvalue weighted by molar-refractivity contribution is 7.11. The summed E-state index contributed by atoms with van der Waals surface area (Å²) in [6.07, 6.45) is 6.42. The predicted octanol–water partition coefficient (Wildman–Crippen LogP) is 4.26. The van der Waals surface area contributed by atoms with Gasteiger partial charge in [-0.25, -0.2) is 4.98 Å². The fraction of sp³-hybridized carbons (Fsp3) is 0.471. The van der Waals surface area contributed by atoms with Crippen molar-refractivity contribution in [3.05, 3.63) is 51.5 Å². The lowest BCUT2D eigenvalue weighted by molar-refractivity contribution is 0.570. The first kappa shape index (κ1) is 13.8. The third-order valence-electron chi connectivity index (χ3n) is 3.94. The number of nitrogens with zero attached hydrogens (tertiary/aromatic N) is 1. The van der Waals surface area contributed by atoms with Gasteiger partial charge in [0.1, 0.15) is 5.01 Å². The van der Waals surface area contributed by atoms with Crippen molar-refractivity contribution >= 4 is 11.3 Å². The minimum Gasteiger partial charge on any atom is -0.304 e. The average molecular weight is 286 g/mol. The van der Waals surface area contributed by atoms with Gasteiger partial charge in [-0.05, 0) is 38.2 Å². The third kappa shape index (κ3) is 3.28. The van der Waals surface area contributed by atoms with Crippen molar-refractivity contribution in [2.45, 2.75) is 51.6 Å². The molecule has 3 heteroatoms. The summed E-state index contributed by atoms with van der Waals surface area (Å²) in [5.41, 5.74) is 2.70. The molecule has 1 aromatic heterocycles. The summed E-state index contributed by atoms with van der Waals surface area (Å²) in [6.45, 7) is 3.13. The Labute approximate surface area is 125 Å². The van der Waals surface area contributed by atoms with Gasteiger partial charge < -0.3 is 5.32 Å². The summed E-state index contributed by atoms with van der Waals surface area (Å²) in [5.74, 6) is 0. The minimum absolute atomic E-state index is 0.340. The van der Waals surface area contributed by atoms with Gasteiger partial charge in [0, 0.05) is 11.4 Å². The number of benzene rings is 1. The highest BCUT2D eigenvalue weighted by Gasteiger charge is 2.17. The van der Waals surface area contributed by atoms with Gasteiger partial charge in [0.25, 0.3) is 0 Å². The first-order valence-electron chi connectivity index (χ1n) is 7.59. The van der Waals surface area contributed by atoms with Crippen LogP contribution in [-0.4, -0.2) is 4.98 Å². The minimum atomic E-state index is 0.340. The summed E-state index contributed by atoms with van der Waals surface area (Å²) >= 11 is 1.92. The van der Waals surface area contributed by atoms with E-state index in [1.807, 2.05) is 11.3 Å². The molecule has 1 aromatic carbocycles. The standard InChI is InChI=1S/C17H22N2S/c1-13(18-12-14-8-4-2-5-9-14)17-19-15-10-6-3-7-11-16(15)20-17/h2,4-5,8-9,13,18H,3,6-7,10-12H2,1H3. The van der Waals surface area contributed by atoms with Gasteiger partial charge >= 0.3 is 0 Å². The Bertz CT molecular complexity index is 524. The first-order chi connectivity index (χ1) is 9.83. The van der Waals surface area contributed by atoms with Crippen molar-refractivity contribution in [3.63, 3.8) is 0 Å². The molecule has 0 aliphatic heterocycles. The zero-order valence-corrected chi connectivity index (χ0v) is 12.9. The number of rotatable bonds is 4. The molecule has 0 saturated carbocycles. The molecule has 1 heterocycles. The van der Waals surface area contributed by atoms with Crippen LogP contribution in [0.3, 0.4) is 0 Å². The summed E-state index contributed by atoms with van der Waals surface area (Å²) in [5, 5.41) is 4.85. The second-order valence-corrected chi connectivity index (χ2v) is 6.69. The van der Waals surface area contributed by atoms with E-state index in [0.717, 1.165) is 6.54 Å². The summed E-state index contributed by atoms with van der Waals surface area (Å²) in [6, 6.07) is 10.9. The monoisotopic (exact) mass is 286 g/mol. The number of aromatic nitrogens is 1. The summed E-state index contributed by atoms with van der Waals surface area (Å²) < 4.78 is 0. The zero-order chi connectivity index (χ0) is 13.8. The van der Waals surface area contributed by atoms with Gasteiger partial charge in [0.15, 0.2) is 0 Å². The molecule has 0 fully saturated rings. The van der Waals surface area contributed by atoms with E-state index >= 15 is 0 Å². The second-order valence-electron chi connectivity index (χ2n) is 5.57. The van der Waals surface area contributed by atoms with Gasteiger partial charge in [-0.3, -0.25) is 0 Å². The topological polar surface area (TPSA) is 24.9 Å². The zero-order valence-electron chi connectivity index (χ0n) is 12.1. The maximum Gasteiger partial charge on any atom is 0.110 e. The van der Waals surface area contributed by atoms with E-state index in [9.17, 15) is 0 Å². The molecule has 1 aliphatic rings. The Morgan fingerprint density at radius 2 is 1.95 bits per heavy atom. The van der Waals surface area contributed by atoms with Crippen LogP contribution in [0, 0.1) is 0 Å². The summed E-state index contributed by atoms with van der Waals surface area (Å²) in [7, 11) is 0. The van der Waals surface area contributed by atoms with E-state index in [4.69, 9.17) is 4.98 Å². The SMILES string of the molecule is CC(NCc1ccccc1)c1nc2c(s1)CCCCC2. The third-order valence-corrected chi connectivity index (χ3v) is 5.28. The number of aryl methyl sites for hydroxylation is 2. The van der Waals surface area contributed by atoms with Crippen LogP contribution in [0.5, 0.6) is 0 Å². The first-order valence-corrected chi connectivity index (χ1v) is 8.40. The van der Waals surface area contributed by atoms with Crippen LogP contribution >= 0.6 is 11.3 Å². The molecule has 3 rings (SSSR count). The van der Waals surface area contributed by atoms with Crippen molar-refractivity contribution in [2.75, 3.05) is 0 Å². The Hall–Kier alpha value is -1.19. The molecular weight excluding hydrogens is 264 g/mol. The van der Waals surface area contributed by atoms with Gasteiger partial charge in [-0.15, -0.1) is 11.3 Å². The molecule has 1 unspecified atom stereocenters. The fourth-order valence-corrected chi connectivity index (χ4v) is 3.87. The molecule has 0 bridgehead atoms. The second kappa shape index (κ2) is 6.51. The lowest BCUT2D eigenvalue weighted by atomic mass is 10.2. The smallest absolute Gasteiger partial charge is 0.110 e. The van der Waals surface area contributed by atoms with Crippen LogP contribution in [-0.2, 0) is 19.4 Å². The van der Waals surface area contributed by atoms with Crippen molar-refractivity contribution in [1.82, 2.24) is 10.3 Å². The molecule has 106 valence electrons. The van der Waals surface area contributed by atoms with Crippen LogP contribution in [0.4, 0.5) is 0 Å². The Kier molecular flexibility index (Phi) is 4.48. The van der Waals surface area contributed by atoms with Crippen molar-refractivity contribution in [1.29, 1.82) is 0 Å². The molecule has 0 saturated heterocycles. The van der Waals surface area contributed by atoms with E-state index in [1.54, 1.807) is 0 Å². The molecule has 1 N–H and O–H groups in total. The van der Waals surface area contributed by atoms with E-state index in [-0.39, 0.29) is 0 Å². The van der Waals surface area contributed by atoms with Crippen molar-refractivity contribution in [3.8, 4) is 0 Å². The molecular formula is C17H22N2S. The fourth-order valence-electron chi connectivity index (χ4n) is 2.69. The van der Waals surface area contributed by atoms with Gasteiger partial charge in [0.2, 0.25) is 0 Å². The number of nitrogens with one attached hydrogen (secondary N) is 1. The Morgan fingerprint density at radius 1 is 1.15 bits per heavy atom. The molecule has 1 atom stereocenters. The van der Waals surface area contributed by atoms with E-state index in [1.165, 1.54) is 53.2 Å². The van der Waals surface area contributed by atoms with Gasteiger partial charge in [-0.2, -0.15) is 0 Å². The number of thiazole rings is 1. The van der Waals surface area contributed by atoms with E-state index in [2.05, 4.69) is 42.6 Å². The number of fused-ring (bicyclic) bond motifs is 1. The summed E-state index contributed by atoms with van der Waals surface area (Å²) in [4.78, 5) is 6.41. The maximum absolute atomic E-state index is 4.88. The van der Waals surface area contributed by atoms with Crippen LogP contribution in [0.15, 0.2) is 30.3 Å². The maximum atomic E-state index is 4.88. The van der Waals surface area contributed by atoms with Gasteiger partial charge in [0.05, 0.1) is 11.7 Å². The number of hydrogen-bond donors (Lipinski definition) is 1. The van der Waals surface area contributed by atoms with Gasteiger partial charge in [-0.1, -0.05) is 36.8 Å². The highest BCUT2D eigenvalue weighted by atomic mass is 32.1. The normalized spacial score (nSPS) is 16.4. The molecule has 2 aromatic rings. The number of hydrogen-bond acceptors (Lipinski definition) is 3. The molecule has 2 nitrogen and oxygen atoms in total. The average Bonchev–Trinajstić information content (AvgIpc) is 2.77. The largest absolute Gasteiger partial charge is 0.304 e. The van der Waals surface area contributed by atoms with Crippen molar-refractivity contribution in [2.24, 2.45) is 0 Å². The van der Waals surface area contributed by atoms with E-state index in [0.29, 0.717) is 6.04 Å². The highest BCUT2D eigenvalue weighted by Crippen LogP contribution is 2.29. The quantitative estimate of drug-likeness (QED) is 0.849. The predicted molar refractivity (Wildman–Crippen MR) is 85.1 cm³/mol. The lowest BCUT2D eigenvalue weighted by Crippen LogP contribution is -2.17. The Balaban J connectivity index is 1.64. The van der Waals surface area contributed by atoms with Crippen LogP contribution in [0.2, 0.25) is 0 Å². The lowest BCUT2D eigenvalue weighted by Gasteiger charge is -2.11. The molecule has 0 spiro atoms. The van der Waals surface area contributed by atoms with Crippen molar-refractivity contribution < 1.29 is 0 Å².